The SMILES string of the molecule is Cc1c2c(C(C)(C)C)cc(C(C)(C)C)c1-2. The van der Waals surface area contributed by atoms with Gasteiger partial charge < -0.3 is 0 Å². The zero-order valence-corrected chi connectivity index (χ0v) is 11.1. The molecule has 0 saturated heterocycles. The fourth-order valence-corrected chi connectivity index (χ4v) is 2.43. The van der Waals surface area contributed by atoms with E-state index in [1.165, 1.54) is 5.56 Å². The monoisotopic (exact) mass is 202 g/mol. The fourth-order valence-electron chi connectivity index (χ4n) is 2.43. The highest BCUT2D eigenvalue weighted by Crippen LogP contribution is 2.55. The van der Waals surface area contributed by atoms with E-state index in [-0.39, 0.29) is 10.8 Å². The molecule has 0 saturated carbocycles. The van der Waals surface area contributed by atoms with E-state index in [0.29, 0.717) is 0 Å². The van der Waals surface area contributed by atoms with Crippen LogP contribution in [0.15, 0.2) is 6.07 Å². The largest absolute Gasteiger partial charge is 0.0561 e. The van der Waals surface area contributed by atoms with E-state index in [1.54, 1.807) is 22.3 Å². The Kier molecular flexibility index (Phi) is 1.91. The third-order valence-electron chi connectivity index (χ3n) is 3.38. The average molecular weight is 202 g/mol. The van der Waals surface area contributed by atoms with Gasteiger partial charge in [-0.3, -0.25) is 0 Å². The van der Waals surface area contributed by atoms with Gasteiger partial charge in [0, 0.05) is 0 Å². The van der Waals surface area contributed by atoms with Gasteiger partial charge in [0.05, 0.1) is 0 Å². The van der Waals surface area contributed by atoms with E-state index in [4.69, 9.17) is 0 Å². The second-order valence-corrected chi connectivity index (χ2v) is 6.85. The second kappa shape index (κ2) is 2.66. The van der Waals surface area contributed by atoms with Crippen LogP contribution in [0.5, 0.6) is 0 Å². The maximum atomic E-state index is 2.43. The molecule has 0 heteroatoms. The zero-order chi connectivity index (χ0) is 11.6. The number of benzene rings is 1. The van der Waals surface area contributed by atoms with Crippen molar-refractivity contribution in [1.82, 2.24) is 0 Å². The van der Waals surface area contributed by atoms with Crippen LogP contribution in [0.3, 0.4) is 0 Å². The van der Waals surface area contributed by atoms with Crippen LogP contribution in [0.25, 0.3) is 11.1 Å². The molecule has 0 nitrogen and oxygen atoms in total. The molecular formula is C15H22. The first-order valence-corrected chi connectivity index (χ1v) is 5.83. The smallest absolute Gasteiger partial charge is 0.0105 e. The highest BCUT2D eigenvalue weighted by molar-refractivity contribution is 5.96. The molecule has 0 bridgehead atoms. The van der Waals surface area contributed by atoms with E-state index in [2.05, 4.69) is 54.5 Å². The molecule has 0 N–H and O–H groups in total. The molecule has 0 aromatic rings. The van der Waals surface area contributed by atoms with Crippen molar-refractivity contribution in [3.8, 4) is 11.1 Å². The highest BCUT2D eigenvalue weighted by Gasteiger charge is 2.37. The molecule has 0 heterocycles. The molecule has 0 spiro atoms. The van der Waals surface area contributed by atoms with Crippen molar-refractivity contribution >= 4 is 0 Å². The predicted molar refractivity (Wildman–Crippen MR) is 67.6 cm³/mol. The first-order valence-electron chi connectivity index (χ1n) is 5.83. The Bertz CT molecular complexity index is 385. The van der Waals surface area contributed by atoms with Gasteiger partial charge in [0.15, 0.2) is 0 Å². The van der Waals surface area contributed by atoms with Gasteiger partial charge in [0.25, 0.3) is 0 Å². The molecule has 82 valence electrons. The molecule has 2 aliphatic rings. The topological polar surface area (TPSA) is 0 Å². The zero-order valence-electron chi connectivity index (χ0n) is 11.1. The maximum absolute atomic E-state index is 2.43. The quantitative estimate of drug-likeness (QED) is 0.587. The Morgan fingerprint density at radius 2 is 1.07 bits per heavy atom. The summed E-state index contributed by atoms with van der Waals surface area (Å²) in [6.45, 7) is 16.1. The lowest BCUT2D eigenvalue weighted by molar-refractivity contribution is 0.580. The third-order valence-corrected chi connectivity index (χ3v) is 3.38. The van der Waals surface area contributed by atoms with Crippen LogP contribution in [0.1, 0.15) is 58.2 Å². The molecule has 0 aromatic carbocycles. The molecule has 0 aromatic heterocycles. The Morgan fingerprint density at radius 3 is 1.27 bits per heavy atom. The van der Waals surface area contributed by atoms with Crippen LogP contribution in [0.4, 0.5) is 0 Å². The van der Waals surface area contributed by atoms with Crippen LogP contribution >= 0.6 is 0 Å². The van der Waals surface area contributed by atoms with Gasteiger partial charge in [-0.15, -0.1) is 0 Å². The van der Waals surface area contributed by atoms with Crippen LogP contribution in [-0.2, 0) is 10.8 Å². The summed E-state index contributed by atoms with van der Waals surface area (Å²) < 4.78 is 0. The summed E-state index contributed by atoms with van der Waals surface area (Å²) >= 11 is 0. The van der Waals surface area contributed by atoms with E-state index in [0.717, 1.165) is 0 Å². The number of fused-ring (bicyclic) bond motifs is 1. The summed E-state index contributed by atoms with van der Waals surface area (Å²) in [7, 11) is 0. The Morgan fingerprint density at radius 1 is 0.733 bits per heavy atom. The highest BCUT2D eigenvalue weighted by atomic mass is 14.4. The van der Waals surface area contributed by atoms with Crippen LogP contribution in [0, 0.1) is 6.92 Å². The van der Waals surface area contributed by atoms with Crippen LogP contribution < -0.4 is 0 Å². The molecular weight excluding hydrogens is 180 g/mol. The van der Waals surface area contributed by atoms with E-state index >= 15 is 0 Å². The van der Waals surface area contributed by atoms with Crippen molar-refractivity contribution in [2.24, 2.45) is 0 Å². The molecule has 0 fully saturated rings. The molecule has 0 unspecified atom stereocenters. The summed E-state index contributed by atoms with van der Waals surface area (Å²) in [5.41, 5.74) is 8.31. The van der Waals surface area contributed by atoms with Crippen molar-refractivity contribution in [3.63, 3.8) is 0 Å². The molecule has 2 aliphatic carbocycles. The first kappa shape index (κ1) is 10.7. The molecule has 0 atom stereocenters. The minimum atomic E-state index is 0.283. The van der Waals surface area contributed by atoms with E-state index in [9.17, 15) is 0 Å². The van der Waals surface area contributed by atoms with Gasteiger partial charge in [-0.1, -0.05) is 47.6 Å². The Balaban J connectivity index is 2.56. The third kappa shape index (κ3) is 1.51. The lowest BCUT2D eigenvalue weighted by atomic mass is 9.84. The minimum Gasteiger partial charge on any atom is -0.0561 e. The van der Waals surface area contributed by atoms with Gasteiger partial charge in [0.2, 0.25) is 0 Å². The van der Waals surface area contributed by atoms with Crippen molar-refractivity contribution in [3.05, 3.63) is 22.8 Å². The summed E-state index contributed by atoms with van der Waals surface area (Å²) in [6.07, 6.45) is 0. The van der Waals surface area contributed by atoms with Crippen molar-refractivity contribution in [2.45, 2.75) is 59.3 Å². The van der Waals surface area contributed by atoms with Gasteiger partial charge in [-0.25, -0.2) is 0 Å². The van der Waals surface area contributed by atoms with Gasteiger partial charge in [-0.05, 0) is 45.6 Å². The predicted octanol–water partition coefficient (Wildman–Crippen LogP) is 4.57. The summed E-state index contributed by atoms with van der Waals surface area (Å²) in [6, 6.07) is 2.43. The summed E-state index contributed by atoms with van der Waals surface area (Å²) in [5, 5.41) is 0. The Labute approximate surface area is 93.7 Å². The second-order valence-electron chi connectivity index (χ2n) is 6.85. The first-order chi connectivity index (χ1) is 6.64. The van der Waals surface area contributed by atoms with Crippen LogP contribution in [0.2, 0.25) is 0 Å². The maximum Gasteiger partial charge on any atom is -0.0105 e. The van der Waals surface area contributed by atoms with Crippen LogP contribution in [-0.4, -0.2) is 0 Å². The molecule has 15 heavy (non-hydrogen) atoms. The minimum absolute atomic E-state index is 0.283. The van der Waals surface area contributed by atoms with Crippen molar-refractivity contribution in [2.75, 3.05) is 0 Å². The van der Waals surface area contributed by atoms with Gasteiger partial charge in [0.1, 0.15) is 0 Å². The lowest BCUT2D eigenvalue weighted by Gasteiger charge is -2.20. The van der Waals surface area contributed by atoms with E-state index < -0.39 is 0 Å². The summed E-state index contributed by atoms with van der Waals surface area (Å²) in [5.74, 6) is 0. The fraction of sp³-hybridized carbons (Fsp3) is 0.600. The number of rotatable bonds is 0. The Hall–Kier alpha value is -0.780. The normalized spacial score (nSPS) is 14.3. The van der Waals surface area contributed by atoms with Gasteiger partial charge >= 0.3 is 0 Å². The lowest BCUT2D eigenvalue weighted by Crippen LogP contribution is -2.12. The standard InChI is InChI=1S/C15H22/c1-9-12-10(14(2,3)4)8-11(13(9)12)15(5,6)7/h8H,1-7H3. The van der Waals surface area contributed by atoms with Crippen molar-refractivity contribution in [1.29, 1.82) is 0 Å². The average Bonchev–Trinajstić information content (AvgIpc) is 2.54. The van der Waals surface area contributed by atoms with Gasteiger partial charge in [-0.2, -0.15) is 0 Å². The molecule has 0 radical (unpaired) electrons. The van der Waals surface area contributed by atoms with E-state index in [1.807, 2.05) is 0 Å². The number of hydrogen-bond donors (Lipinski definition) is 0. The molecule has 0 aliphatic heterocycles. The molecule has 0 amide bonds. The number of aryl methyl sites for hydroxylation is 1. The molecule has 2 rings (SSSR count). The summed E-state index contributed by atoms with van der Waals surface area (Å²) in [4.78, 5) is 0. The van der Waals surface area contributed by atoms with Crippen molar-refractivity contribution < 1.29 is 0 Å². The number of hydrogen-bond acceptors (Lipinski definition) is 0.